The molecule has 174 valence electrons. The van der Waals surface area contributed by atoms with Crippen molar-refractivity contribution in [3.63, 3.8) is 0 Å². The van der Waals surface area contributed by atoms with Crippen LogP contribution in [0.4, 0.5) is 18.9 Å². The number of aryl methyl sites for hydroxylation is 1. The van der Waals surface area contributed by atoms with Crippen LogP contribution in [0.1, 0.15) is 30.9 Å². The zero-order chi connectivity index (χ0) is 23.5. The highest BCUT2D eigenvalue weighted by molar-refractivity contribution is 7.89. The number of amides is 1. The molecule has 1 atom stereocenters. The van der Waals surface area contributed by atoms with Gasteiger partial charge in [-0.3, -0.25) is 4.79 Å². The van der Waals surface area contributed by atoms with Crippen LogP contribution in [-0.4, -0.2) is 38.3 Å². The summed E-state index contributed by atoms with van der Waals surface area (Å²) in [5, 5.41) is 2.59. The molecule has 1 amide bonds. The van der Waals surface area contributed by atoms with E-state index in [0.29, 0.717) is 37.3 Å². The summed E-state index contributed by atoms with van der Waals surface area (Å²) >= 11 is 0. The number of benzene rings is 2. The summed E-state index contributed by atoms with van der Waals surface area (Å²) in [7, 11) is -3.80. The lowest BCUT2D eigenvalue weighted by molar-refractivity contribution is -0.137. The van der Waals surface area contributed by atoms with Gasteiger partial charge in [0.1, 0.15) is 5.75 Å². The van der Waals surface area contributed by atoms with Crippen LogP contribution in [0.25, 0.3) is 0 Å². The molecule has 3 rings (SSSR count). The van der Waals surface area contributed by atoms with E-state index in [0.717, 1.165) is 12.1 Å². The Morgan fingerprint density at radius 1 is 1.19 bits per heavy atom. The third-order valence-electron chi connectivity index (χ3n) is 5.32. The molecule has 0 bridgehead atoms. The third kappa shape index (κ3) is 5.42. The molecule has 1 aliphatic rings. The van der Waals surface area contributed by atoms with Gasteiger partial charge in [-0.05, 0) is 74.7 Å². The van der Waals surface area contributed by atoms with Gasteiger partial charge < -0.3 is 10.1 Å². The Balaban J connectivity index is 1.70. The number of hydrogen-bond donors (Lipinski definition) is 1. The number of halogens is 3. The molecule has 2 aromatic rings. The molecular formula is C22H25F3N2O4S. The molecule has 1 heterocycles. The van der Waals surface area contributed by atoms with Crippen LogP contribution >= 0.6 is 0 Å². The zero-order valence-electron chi connectivity index (χ0n) is 17.8. The Labute approximate surface area is 185 Å². The van der Waals surface area contributed by atoms with Crippen LogP contribution in [0.3, 0.4) is 0 Å². The predicted octanol–water partition coefficient (Wildman–Crippen LogP) is 4.45. The minimum absolute atomic E-state index is 0.00105. The van der Waals surface area contributed by atoms with Gasteiger partial charge in [0, 0.05) is 18.8 Å². The average molecular weight is 471 g/mol. The second kappa shape index (κ2) is 9.50. The van der Waals surface area contributed by atoms with Gasteiger partial charge >= 0.3 is 6.18 Å². The van der Waals surface area contributed by atoms with E-state index >= 15 is 0 Å². The lowest BCUT2D eigenvalue weighted by Gasteiger charge is -2.31. The van der Waals surface area contributed by atoms with Crippen LogP contribution in [-0.2, 0) is 21.0 Å². The van der Waals surface area contributed by atoms with Crippen LogP contribution in [0.2, 0.25) is 0 Å². The van der Waals surface area contributed by atoms with E-state index in [1.54, 1.807) is 19.1 Å². The smallest absolute Gasteiger partial charge is 0.416 e. The topological polar surface area (TPSA) is 75.7 Å². The SMILES string of the molecule is CCOc1ccc(S(=O)(=O)N2CCC[C@@H](C(=O)Nc3ccc(C(F)(F)F)cc3)C2)cc1C. The summed E-state index contributed by atoms with van der Waals surface area (Å²) in [6.07, 6.45) is -3.47. The number of ether oxygens (including phenoxy) is 1. The summed E-state index contributed by atoms with van der Waals surface area (Å²) in [6.45, 7) is 4.36. The zero-order valence-corrected chi connectivity index (χ0v) is 18.6. The average Bonchev–Trinajstić information content (AvgIpc) is 2.75. The van der Waals surface area contributed by atoms with Crippen molar-refractivity contribution in [2.45, 2.75) is 37.8 Å². The third-order valence-corrected chi connectivity index (χ3v) is 7.18. The Kier molecular flexibility index (Phi) is 7.14. The fraction of sp³-hybridized carbons (Fsp3) is 0.409. The van der Waals surface area contributed by atoms with Crippen molar-refractivity contribution in [3.05, 3.63) is 53.6 Å². The molecule has 1 saturated heterocycles. The fourth-order valence-corrected chi connectivity index (χ4v) is 5.22. The molecular weight excluding hydrogens is 445 g/mol. The first-order chi connectivity index (χ1) is 15.0. The Morgan fingerprint density at radius 3 is 2.47 bits per heavy atom. The van der Waals surface area contributed by atoms with Gasteiger partial charge in [0.15, 0.2) is 0 Å². The summed E-state index contributed by atoms with van der Waals surface area (Å²) in [4.78, 5) is 12.8. The summed E-state index contributed by atoms with van der Waals surface area (Å²) in [5.41, 5.74) is 0.114. The molecule has 0 aromatic heterocycles. The van der Waals surface area contributed by atoms with Gasteiger partial charge in [-0.25, -0.2) is 8.42 Å². The monoisotopic (exact) mass is 470 g/mol. The van der Waals surface area contributed by atoms with Crippen molar-refractivity contribution in [1.82, 2.24) is 4.31 Å². The summed E-state index contributed by atoms with van der Waals surface area (Å²) < 4.78 is 71.1. The molecule has 0 radical (unpaired) electrons. The Morgan fingerprint density at radius 2 is 1.88 bits per heavy atom. The molecule has 1 aliphatic heterocycles. The second-order valence-corrected chi connectivity index (χ2v) is 9.56. The number of carbonyl (C=O) groups excluding carboxylic acids is 1. The van der Waals surface area contributed by atoms with E-state index in [1.165, 1.54) is 22.5 Å². The van der Waals surface area contributed by atoms with E-state index in [2.05, 4.69) is 5.32 Å². The Hall–Kier alpha value is -2.59. The van der Waals surface area contributed by atoms with E-state index in [1.807, 2.05) is 6.92 Å². The number of sulfonamides is 1. The van der Waals surface area contributed by atoms with Crippen molar-refractivity contribution in [2.24, 2.45) is 5.92 Å². The minimum Gasteiger partial charge on any atom is -0.494 e. The highest BCUT2D eigenvalue weighted by atomic mass is 32.2. The normalized spacial score (nSPS) is 17.7. The lowest BCUT2D eigenvalue weighted by Crippen LogP contribution is -2.43. The van der Waals surface area contributed by atoms with Crippen molar-refractivity contribution in [3.8, 4) is 5.75 Å². The van der Waals surface area contributed by atoms with Crippen LogP contribution in [0.15, 0.2) is 47.4 Å². The number of carbonyl (C=O) groups is 1. The number of hydrogen-bond acceptors (Lipinski definition) is 4. The van der Waals surface area contributed by atoms with Gasteiger partial charge in [-0.1, -0.05) is 0 Å². The molecule has 0 saturated carbocycles. The second-order valence-electron chi connectivity index (χ2n) is 7.63. The van der Waals surface area contributed by atoms with E-state index in [-0.39, 0.29) is 17.1 Å². The van der Waals surface area contributed by atoms with Crippen molar-refractivity contribution in [2.75, 3.05) is 25.0 Å². The predicted molar refractivity (Wildman–Crippen MR) is 114 cm³/mol. The quantitative estimate of drug-likeness (QED) is 0.677. The van der Waals surface area contributed by atoms with Gasteiger partial charge in [0.2, 0.25) is 15.9 Å². The van der Waals surface area contributed by atoms with E-state index in [4.69, 9.17) is 4.74 Å². The summed E-state index contributed by atoms with van der Waals surface area (Å²) in [6, 6.07) is 8.79. The number of nitrogens with zero attached hydrogens (tertiary/aromatic N) is 1. The van der Waals surface area contributed by atoms with Crippen LogP contribution in [0.5, 0.6) is 5.75 Å². The lowest BCUT2D eigenvalue weighted by atomic mass is 9.98. The molecule has 0 spiro atoms. The summed E-state index contributed by atoms with van der Waals surface area (Å²) in [5.74, 6) is -0.420. The molecule has 32 heavy (non-hydrogen) atoms. The first-order valence-electron chi connectivity index (χ1n) is 10.2. The van der Waals surface area contributed by atoms with E-state index in [9.17, 15) is 26.4 Å². The Bertz CT molecular complexity index is 1070. The molecule has 0 unspecified atom stereocenters. The van der Waals surface area contributed by atoms with Gasteiger partial charge in [0.05, 0.1) is 23.0 Å². The maximum absolute atomic E-state index is 13.1. The fourth-order valence-electron chi connectivity index (χ4n) is 3.61. The largest absolute Gasteiger partial charge is 0.494 e. The molecule has 10 heteroatoms. The minimum atomic E-state index is -4.46. The molecule has 1 fully saturated rings. The van der Waals surface area contributed by atoms with Gasteiger partial charge in [0.25, 0.3) is 0 Å². The van der Waals surface area contributed by atoms with Gasteiger partial charge in [-0.2, -0.15) is 17.5 Å². The van der Waals surface area contributed by atoms with E-state index < -0.39 is 33.6 Å². The maximum Gasteiger partial charge on any atom is 0.416 e. The van der Waals surface area contributed by atoms with Crippen molar-refractivity contribution in [1.29, 1.82) is 0 Å². The maximum atomic E-state index is 13.1. The van der Waals surface area contributed by atoms with Crippen LogP contribution in [0, 0.1) is 12.8 Å². The van der Waals surface area contributed by atoms with Gasteiger partial charge in [-0.15, -0.1) is 0 Å². The molecule has 0 aliphatic carbocycles. The van der Waals surface area contributed by atoms with Crippen molar-refractivity contribution < 1.29 is 31.1 Å². The highest BCUT2D eigenvalue weighted by Gasteiger charge is 2.34. The molecule has 2 aromatic carbocycles. The number of alkyl halides is 3. The van der Waals surface area contributed by atoms with Crippen LogP contribution < -0.4 is 10.1 Å². The standard InChI is InChI=1S/C22H25F3N2O4S/c1-3-31-20-11-10-19(13-15(20)2)32(29,30)27-12-4-5-16(14-27)21(28)26-18-8-6-17(7-9-18)22(23,24)25/h6-11,13,16H,3-5,12,14H2,1-2H3,(H,26,28)/t16-/m1/s1. The number of rotatable bonds is 6. The molecule has 1 N–H and O–H groups in total. The number of piperidine rings is 1. The first-order valence-corrected chi connectivity index (χ1v) is 11.7. The van der Waals surface area contributed by atoms with Crippen molar-refractivity contribution >= 4 is 21.6 Å². The number of nitrogens with one attached hydrogen (secondary N) is 1. The molecule has 6 nitrogen and oxygen atoms in total. The first kappa shape index (κ1) is 24.1. The number of anilines is 1. The highest BCUT2D eigenvalue weighted by Crippen LogP contribution is 2.31.